The molecule has 0 spiro atoms. The molecule has 5 nitrogen and oxygen atoms in total. The molecule has 4 atom stereocenters. The van der Waals surface area contributed by atoms with Gasteiger partial charge in [-0.25, -0.2) is 4.98 Å². The number of nitrogens with zero attached hydrogens (tertiary/aromatic N) is 1. The summed E-state index contributed by atoms with van der Waals surface area (Å²) in [6.07, 6.45) is 2.75. The molecule has 1 amide bonds. The largest absolute Gasteiger partial charge is 0.481 e. The van der Waals surface area contributed by atoms with Gasteiger partial charge in [0, 0.05) is 10.9 Å². The summed E-state index contributed by atoms with van der Waals surface area (Å²) in [4.78, 5) is 28.8. The number of thiazole rings is 1. The van der Waals surface area contributed by atoms with Crippen LogP contribution in [-0.2, 0) is 9.59 Å². The molecule has 6 heteroatoms. The lowest BCUT2D eigenvalue weighted by atomic mass is 9.79. The summed E-state index contributed by atoms with van der Waals surface area (Å²) in [6, 6.07) is 8.07. The highest BCUT2D eigenvalue weighted by molar-refractivity contribution is 7.14. The highest BCUT2D eigenvalue weighted by atomic mass is 32.1. The van der Waals surface area contributed by atoms with Crippen LogP contribution in [-0.4, -0.2) is 22.0 Å². The molecule has 2 aliphatic rings. The smallest absolute Gasteiger partial charge is 0.307 e. The van der Waals surface area contributed by atoms with Crippen molar-refractivity contribution in [1.29, 1.82) is 0 Å². The van der Waals surface area contributed by atoms with Gasteiger partial charge in [-0.2, -0.15) is 0 Å². The van der Waals surface area contributed by atoms with Gasteiger partial charge < -0.3 is 10.4 Å². The second-order valence-electron chi connectivity index (χ2n) is 7.12. The van der Waals surface area contributed by atoms with Gasteiger partial charge in [0.25, 0.3) is 0 Å². The number of carboxylic acid groups (broad SMARTS) is 1. The van der Waals surface area contributed by atoms with Crippen LogP contribution in [0.1, 0.15) is 24.8 Å². The van der Waals surface area contributed by atoms with Gasteiger partial charge in [-0.3, -0.25) is 9.59 Å². The molecule has 0 aliphatic heterocycles. The fourth-order valence-electron chi connectivity index (χ4n) is 4.40. The Bertz CT molecular complexity index is 814. The molecule has 1 aromatic carbocycles. The number of carbonyl (C=O) groups is 2. The Labute approximate surface area is 150 Å². The quantitative estimate of drug-likeness (QED) is 0.873. The maximum absolute atomic E-state index is 12.7. The fraction of sp³-hybridized carbons (Fsp3) is 0.421. The third kappa shape index (κ3) is 2.95. The number of nitrogens with one attached hydrogen (secondary N) is 1. The van der Waals surface area contributed by atoms with E-state index >= 15 is 0 Å². The normalized spacial score (nSPS) is 27.4. The summed E-state index contributed by atoms with van der Waals surface area (Å²) in [6.45, 7) is 2.03. The molecule has 130 valence electrons. The highest BCUT2D eigenvalue weighted by Crippen LogP contribution is 2.52. The van der Waals surface area contributed by atoms with E-state index in [1.165, 1.54) is 16.9 Å². The lowest BCUT2D eigenvalue weighted by Crippen LogP contribution is -2.37. The lowest BCUT2D eigenvalue weighted by Gasteiger charge is -2.26. The van der Waals surface area contributed by atoms with Crippen molar-refractivity contribution in [3.8, 4) is 11.3 Å². The average molecular weight is 356 g/mol. The minimum absolute atomic E-state index is 0.151. The topological polar surface area (TPSA) is 79.3 Å². The number of aliphatic carboxylic acids is 1. The van der Waals surface area contributed by atoms with Crippen LogP contribution in [0.2, 0.25) is 0 Å². The highest BCUT2D eigenvalue weighted by Gasteiger charge is 2.54. The molecule has 2 N–H and O–H groups in total. The van der Waals surface area contributed by atoms with Crippen LogP contribution in [0.5, 0.6) is 0 Å². The number of aryl methyl sites for hydroxylation is 1. The monoisotopic (exact) mass is 356 g/mol. The number of aromatic nitrogens is 1. The van der Waals surface area contributed by atoms with Crippen LogP contribution in [0.3, 0.4) is 0 Å². The van der Waals surface area contributed by atoms with Gasteiger partial charge in [-0.1, -0.05) is 29.8 Å². The zero-order valence-electron chi connectivity index (χ0n) is 13.9. The van der Waals surface area contributed by atoms with Crippen LogP contribution < -0.4 is 5.32 Å². The molecule has 25 heavy (non-hydrogen) atoms. The maximum atomic E-state index is 12.7. The molecule has 2 aromatic rings. The molecule has 1 aromatic heterocycles. The molecule has 0 radical (unpaired) electrons. The van der Waals surface area contributed by atoms with E-state index in [1.807, 2.05) is 36.6 Å². The summed E-state index contributed by atoms with van der Waals surface area (Å²) in [5.41, 5.74) is 3.01. The van der Waals surface area contributed by atoms with E-state index in [4.69, 9.17) is 0 Å². The number of amides is 1. The van der Waals surface area contributed by atoms with E-state index in [9.17, 15) is 14.7 Å². The molecule has 0 saturated heterocycles. The second-order valence-corrected chi connectivity index (χ2v) is 7.97. The van der Waals surface area contributed by atoms with Crippen LogP contribution in [0, 0.1) is 30.6 Å². The Balaban J connectivity index is 1.50. The fourth-order valence-corrected chi connectivity index (χ4v) is 5.12. The molecule has 2 aliphatic carbocycles. The first kappa shape index (κ1) is 16.3. The van der Waals surface area contributed by atoms with Crippen LogP contribution in [0.4, 0.5) is 5.13 Å². The first-order valence-corrected chi connectivity index (χ1v) is 9.47. The molecule has 4 rings (SSSR count). The Morgan fingerprint density at radius 3 is 2.52 bits per heavy atom. The third-order valence-corrected chi connectivity index (χ3v) is 6.34. The Morgan fingerprint density at radius 2 is 1.84 bits per heavy atom. The van der Waals surface area contributed by atoms with E-state index in [2.05, 4.69) is 10.3 Å². The van der Waals surface area contributed by atoms with Gasteiger partial charge >= 0.3 is 5.97 Å². The number of rotatable bonds is 4. The minimum Gasteiger partial charge on any atom is -0.481 e. The molecule has 2 saturated carbocycles. The van der Waals surface area contributed by atoms with Gasteiger partial charge in [0.15, 0.2) is 5.13 Å². The van der Waals surface area contributed by atoms with Crippen LogP contribution in [0.15, 0.2) is 29.6 Å². The summed E-state index contributed by atoms with van der Waals surface area (Å²) in [7, 11) is 0. The lowest BCUT2D eigenvalue weighted by molar-refractivity contribution is -0.148. The predicted molar refractivity (Wildman–Crippen MR) is 96.4 cm³/mol. The van der Waals surface area contributed by atoms with E-state index in [-0.39, 0.29) is 17.7 Å². The van der Waals surface area contributed by atoms with Gasteiger partial charge in [0.1, 0.15) is 0 Å². The molecule has 0 unspecified atom stereocenters. The van der Waals surface area contributed by atoms with Crippen molar-refractivity contribution in [2.24, 2.45) is 23.7 Å². The zero-order valence-corrected chi connectivity index (χ0v) is 14.8. The van der Waals surface area contributed by atoms with Crippen molar-refractivity contribution in [2.45, 2.75) is 26.2 Å². The van der Waals surface area contributed by atoms with Gasteiger partial charge in [0.05, 0.1) is 17.5 Å². The molecule has 1 heterocycles. The molecule has 2 bridgehead atoms. The summed E-state index contributed by atoms with van der Waals surface area (Å²) >= 11 is 1.37. The summed E-state index contributed by atoms with van der Waals surface area (Å²) < 4.78 is 0. The van der Waals surface area contributed by atoms with E-state index < -0.39 is 17.8 Å². The summed E-state index contributed by atoms with van der Waals surface area (Å²) in [5.74, 6) is -1.66. The summed E-state index contributed by atoms with van der Waals surface area (Å²) in [5, 5.41) is 14.8. The average Bonchev–Trinajstić information content (AvgIpc) is 3.30. The zero-order chi connectivity index (χ0) is 17.6. The molecule has 2 fully saturated rings. The van der Waals surface area contributed by atoms with Crippen molar-refractivity contribution in [2.75, 3.05) is 5.32 Å². The number of hydrogen-bond donors (Lipinski definition) is 2. The van der Waals surface area contributed by atoms with E-state index in [1.54, 1.807) is 0 Å². The van der Waals surface area contributed by atoms with E-state index in [0.29, 0.717) is 5.13 Å². The van der Waals surface area contributed by atoms with Crippen LogP contribution >= 0.6 is 11.3 Å². The number of benzene rings is 1. The second kappa shape index (κ2) is 6.26. The van der Waals surface area contributed by atoms with Crippen molar-refractivity contribution < 1.29 is 14.7 Å². The maximum Gasteiger partial charge on any atom is 0.307 e. The van der Waals surface area contributed by atoms with Crippen molar-refractivity contribution in [3.05, 3.63) is 35.2 Å². The van der Waals surface area contributed by atoms with Crippen molar-refractivity contribution in [1.82, 2.24) is 4.98 Å². The Kier molecular flexibility index (Phi) is 4.07. The molecular formula is C19H20N2O3S. The number of fused-ring (bicyclic) bond motifs is 2. The third-order valence-electron chi connectivity index (χ3n) is 5.59. The van der Waals surface area contributed by atoms with Crippen LogP contribution in [0.25, 0.3) is 11.3 Å². The van der Waals surface area contributed by atoms with Gasteiger partial charge in [0.2, 0.25) is 5.91 Å². The number of hydrogen-bond acceptors (Lipinski definition) is 4. The Morgan fingerprint density at radius 1 is 1.16 bits per heavy atom. The molecular weight excluding hydrogens is 336 g/mol. The van der Waals surface area contributed by atoms with E-state index in [0.717, 1.165) is 30.5 Å². The Hall–Kier alpha value is -2.21. The number of anilines is 1. The number of carbonyl (C=O) groups excluding carboxylic acids is 1. The first-order chi connectivity index (χ1) is 12.0. The SMILES string of the molecule is Cc1ccc(-c2csc(NC(=O)[C@H]3[C@H]4CC[C@@H](C4)[C@H]3C(=O)O)n2)cc1. The van der Waals surface area contributed by atoms with Crippen molar-refractivity contribution >= 4 is 28.3 Å². The van der Waals surface area contributed by atoms with Crippen molar-refractivity contribution in [3.63, 3.8) is 0 Å². The number of carboxylic acids is 1. The minimum atomic E-state index is -0.841. The first-order valence-electron chi connectivity index (χ1n) is 8.59. The van der Waals surface area contributed by atoms with Gasteiger partial charge in [-0.05, 0) is 38.0 Å². The predicted octanol–water partition coefficient (Wildman–Crippen LogP) is 3.80. The standard InChI is InChI=1S/C19H20N2O3S/c1-10-2-4-11(5-3-10)14-9-25-19(20-14)21-17(22)15-12-6-7-13(8-12)16(15)18(23)24/h2-5,9,12-13,15-16H,6-8H2,1H3,(H,23,24)(H,20,21,22)/t12-,13-,15-,16+/m0/s1. The van der Waals surface area contributed by atoms with Gasteiger partial charge in [-0.15, -0.1) is 11.3 Å².